The van der Waals surface area contributed by atoms with Crippen LogP contribution in [0.15, 0.2) is 23.8 Å². The smallest absolute Gasteiger partial charge is 0.331 e. The van der Waals surface area contributed by atoms with E-state index in [4.69, 9.17) is 9.47 Å². The van der Waals surface area contributed by atoms with E-state index in [0.29, 0.717) is 29.9 Å². The van der Waals surface area contributed by atoms with E-state index in [1.807, 2.05) is 26.0 Å². The van der Waals surface area contributed by atoms with Crippen molar-refractivity contribution < 1.29 is 24.2 Å². The Morgan fingerprint density at radius 1 is 1.26 bits per heavy atom. The van der Waals surface area contributed by atoms with Gasteiger partial charge in [0.15, 0.2) is 0 Å². The molecule has 27 heavy (non-hydrogen) atoms. The normalized spacial score (nSPS) is 23.4. The van der Waals surface area contributed by atoms with Gasteiger partial charge in [-0.1, -0.05) is 26.8 Å². The minimum atomic E-state index is -0.889. The lowest BCUT2D eigenvalue weighted by molar-refractivity contribution is -0.134. The lowest BCUT2D eigenvalue weighted by Crippen LogP contribution is -2.46. The summed E-state index contributed by atoms with van der Waals surface area (Å²) in [5, 5.41) is 9.49. The summed E-state index contributed by atoms with van der Waals surface area (Å²) in [6.45, 7) is 11.7. The minimum absolute atomic E-state index is 0.0665. The minimum Gasteiger partial charge on any atom is -0.487 e. The van der Waals surface area contributed by atoms with Gasteiger partial charge in [0.1, 0.15) is 17.1 Å². The zero-order valence-electron chi connectivity index (χ0n) is 16.9. The molecule has 3 rings (SSSR count). The first-order valence-electron chi connectivity index (χ1n) is 9.38. The van der Waals surface area contributed by atoms with E-state index in [9.17, 15) is 14.7 Å². The van der Waals surface area contributed by atoms with Gasteiger partial charge in [-0.05, 0) is 49.8 Å². The van der Waals surface area contributed by atoms with E-state index in [1.54, 1.807) is 6.08 Å². The molecule has 1 aromatic rings. The van der Waals surface area contributed by atoms with Gasteiger partial charge in [0, 0.05) is 29.9 Å². The summed E-state index contributed by atoms with van der Waals surface area (Å²) < 4.78 is 12.0. The zero-order chi connectivity index (χ0) is 20.1. The maximum Gasteiger partial charge on any atom is 0.331 e. The van der Waals surface area contributed by atoms with Gasteiger partial charge in [-0.2, -0.15) is 0 Å². The van der Waals surface area contributed by atoms with Gasteiger partial charge < -0.3 is 14.6 Å². The Morgan fingerprint density at radius 2 is 1.93 bits per heavy atom. The summed E-state index contributed by atoms with van der Waals surface area (Å²) in [5.74, 6) is -0.0566. The van der Waals surface area contributed by atoms with Gasteiger partial charge >= 0.3 is 11.9 Å². The molecule has 1 aromatic carbocycles. The molecule has 0 aromatic heterocycles. The molecule has 2 atom stereocenters. The quantitative estimate of drug-likeness (QED) is 0.607. The molecular weight excluding hydrogens is 344 g/mol. The summed E-state index contributed by atoms with van der Waals surface area (Å²) in [6.07, 6.45) is 2.83. The standard InChI is InChI=1S/C22H28O5/c1-12(23)26-17-10-14(21(2,3)4)11-18-19(17)15-9-13(20(24)25)7-8-16(15)22(5,6)27-18/h7,10-11,15-16H,8-9H2,1-6H3,(H,24,25). The first-order valence-corrected chi connectivity index (χ1v) is 9.38. The fourth-order valence-corrected chi connectivity index (χ4v) is 4.22. The van der Waals surface area contributed by atoms with E-state index >= 15 is 0 Å². The van der Waals surface area contributed by atoms with Crippen molar-refractivity contribution >= 4 is 11.9 Å². The third kappa shape index (κ3) is 3.60. The number of carbonyl (C=O) groups excluding carboxylic acids is 1. The highest BCUT2D eigenvalue weighted by molar-refractivity contribution is 5.87. The van der Waals surface area contributed by atoms with Crippen LogP contribution in [-0.2, 0) is 15.0 Å². The number of carbonyl (C=O) groups is 2. The number of carboxylic acids is 1. The number of ether oxygens (including phenoxy) is 2. The molecule has 2 unspecified atom stereocenters. The van der Waals surface area contributed by atoms with Crippen LogP contribution < -0.4 is 9.47 Å². The van der Waals surface area contributed by atoms with Crippen LogP contribution in [0.3, 0.4) is 0 Å². The monoisotopic (exact) mass is 372 g/mol. The molecule has 146 valence electrons. The van der Waals surface area contributed by atoms with Crippen molar-refractivity contribution in [3.8, 4) is 11.5 Å². The third-order valence-corrected chi connectivity index (χ3v) is 5.68. The number of fused-ring (bicyclic) bond motifs is 3. The van der Waals surface area contributed by atoms with Gasteiger partial charge in [-0.3, -0.25) is 4.79 Å². The van der Waals surface area contributed by atoms with Crippen molar-refractivity contribution in [1.82, 2.24) is 0 Å². The third-order valence-electron chi connectivity index (χ3n) is 5.68. The molecule has 0 radical (unpaired) electrons. The average molecular weight is 372 g/mol. The topological polar surface area (TPSA) is 72.8 Å². The van der Waals surface area contributed by atoms with Gasteiger partial charge in [0.25, 0.3) is 0 Å². The maximum absolute atomic E-state index is 11.8. The second kappa shape index (κ2) is 6.39. The molecule has 0 amide bonds. The van der Waals surface area contributed by atoms with Crippen LogP contribution in [0.5, 0.6) is 11.5 Å². The van der Waals surface area contributed by atoms with Crippen molar-refractivity contribution in [2.24, 2.45) is 5.92 Å². The van der Waals surface area contributed by atoms with E-state index in [1.165, 1.54) is 6.92 Å². The predicted molar refractivity (Wildman–Crippen MR) is 102 cm³/mol. The molecule has 0 fully saturated rings. The van der Waals surface area contributed by atoms with Crippen LogP contribution in [0.25, 0.3) is 0 Å². The molecule has 0 bridgehead atoms. The van der Waals surface area contributed by atoms with Crippen LogP contribution in [0.4, 0.5) is 0 Å². The fraction of sp³-hybridized carbons (Fsp3) is 0.545. The molecule has 0 saturated heterocycles. The fourth-order valence-electron chi connectivity index (χ4n) is 4.22. The second-order valence-corrected chi connectivity index (χ2v) is 9.12. The molecule has 1 heterocycles. The molecule has 1 aliphatic carbocycles. The average Bonchev–Trinajstić information content (AvgIpc) is 2.51. The van der Waals surface area contributed by atoms with E-state index in [2.05, 4.69) is 20.8 Å². The molecule has 0 spiro atoms. The number of hydrogen-bond donors (Lipinski definition) is 1. The predicted octanol–water partition coefficient (Wildman–Crippen LogP) is 4.59. The summed E-state index contributed by atoms with van der Waals surface area (Å²) in [5.41, 5.74) is 1.65. The summed E-state index contributed by atoms with van der Waals surface area (Å²) in [4.78, 5) is 23.3. The van der Waals surface area contributed by atoms with Gasteiger partial charge in [-0.15, -0.1) is 0 Å². The first kappa shape index (κ1) is 19.5. The van der Waals surface area contributed by atoms with E-state index < -0.39 is 17.5 Å². The Morgan fingerprint density at radius 3 is 2.48 bits per heavy atom. The molecule has 1 N–H and O–H groups in total. The Labute approximate surface area is 160 Å². The Bertz CT molecular complexity index is 826. The van der Waals surface area contributed by atoms with E-state index in [0.717, 1.165) is 11.1 Å². The molecule has 5 heteroatoms. The number of allylic oxidation sites excluding steroid dienone is 1. The van der Waals surface area contributed by atoms with Crippen molar-refractivity contribution in [3.05, 3.63) is 34.9 Å². The van der Waals surface area contributed by atoms with Crippen molar-refractivity contribution in [1.29, 1.82) is 0 Å². The SMILES string of the molecule is CC(=O)Oc1cc(C(C)(C)C)cc2c1C1CC(C(=O)O)=CCC1C(C)(C)O2. The number of esters is 1. The van der Waals surface area contributed by atoms with Crippen molar-refractivity contribution in [2.75, 3.05) is 0 Å². The second-order valence-electron chi connectivity index (χ2n) is 9.12. The number of benzene rings is 1. The van der Waals surface area contributed by atoms with Crippen molar-refractivity contribution in [3.63, 3.8) is 0 Å². The number of carboxylic acid groups (broad SMARTS) is 1. The largest absolute Gasteiger partial charge is 0.487 e. The van der Waals surface area contributed by atoms with Gasteiger partial charge in [0.2, 0.25) is 0 Å². The van der Waals surface area contributed by atoms with Crippen LogP contribution in [0.1, 0.15) is 71.4 Å². The highest BCUT2D eigenvalue weighted by atomic mass is 16.5. The lowest BCUT2D eigenvalue weighted by atomic mass is 9.66. The molecule has 2 aliphatic rings. The number of hydrogen-bond acceptors (Lipinski definition) is 4. The lowest BCUT2D eigenvalue weighted by Gasteiger charge is -2.47. The first-order chi connectivity index (χ1) is 12.4. The number of rotatable bonds is 2. The van der Waals surface area contributed by atoms with Crippen LogP contribution in [0, 0.1) is 5.92 Å². The molecule has 1 aliphatic heterocycles. The molecular formula is C22H28O5. The van der Waals surface area contributed by atoms with Crippen LogP contribution in [0.2, 0.25) is 0 Å². The van der Waals surface area contributed by atoms with Crippen molar-refractivity contribution in [2.45, 2.75) is 71.3 Å². The summed E-state index contributed by atoms with van der Waals surface area (Å²) in [6, 6.07) is 3.91. The Hall–Kier alpha value is -2.30. The van der Waals surface area contributed by atoms with Gasteiger partial charge in [0.05, 0.1) is 0 Å². The summed E-state index contributed by atoms with van der Waals surface area (Å²) >= 11 is 0. The zero-order valence-corrected chi connectivity index (χ0v) is 16.9. The van der Waals surface area contributed by atoms with Crippen LogP contribution >= 0.6 is 0 Å². The highest BCUT2D eigenvalue weighted by Gasteiger charge is 2.47. The van der Waals surface area contributed by atoms with E-state index in [-0.39, 0.29) is 17.3 Å². The molecule has 0 saturated carbocycles. The van der Waals surface area contributed by atoms with Gasteiger partial charge in [-0.25, -0.2) is 4.79 Å². The molecule has 5 nitrogen and oxygen atoms in total. The summed E-state index contributed by atoms with van der Waals surface area (Å²) in [7, 11) is 0. The Balaban J connectivity index is 2.21. The number of aliphatic carboxylic acids is 1. The highest BCUT2D eigenvalue weighted by Crippen LogP contribution is 2.55. The van der Waals surface area contributed by atoms with Crippen LogP contribution in [-0.4, -0.2) is 22.6 Å². The Kier molecular flexibility index (Phi) is 4.61. The maximum atomic E-state index is 11.8.